The van der Waals surface area contributed by atoms with Crippen LogP contribution in [0.2, 0.25) is 0 Å². The molecule has 0 aliphatic carbocycles. The molecule has 0 aliphatic rings. The van der Waals surface area contributed by atoms with Gasteiger partial charge >= 0.3 is 6.01 Å². The Kier molecular flexibility index (Phi) is 7.82. The summed E-state index contributed by atoms with van der Waals surface area (Å²) in [5.74, 6) is -0.616. The molecule has 3 N–H and O–H groups in total. The molecule has 0 fully saturated rings. The van der Waals surface area contributed by atoms with Crippen LogP contribution < -0.4 is 25.3 Å². The van der Waals surface area contributed by atoms with Crippen LogP contribution in [-0.4, -0.2) is 42.0 Å². The third-order valence-corrected chi connectivity index (χ3v) is 3.29. The van der Waals surface area contributed by atoms with Crippen molar-refractivity contribution in [2.45, 2.75) is 40.2 Å². The number of carbonyl (C=O) groups excluding carboxylic acids is 2. The van der Waals surface area contributed by atoms with E-state index in [0.29, 0.717) is 12.0 Å². The number of nitrogens with one attached hydrogen (secondary N) is 1. The molecule has 0 unspecified atom stereocenters. The second-order valence-electron chi connectivity index (χ2n) is 6.22. The van der Waals surface area contributed by atoms with Crippen molar-refractivity contribution in [3.8, 4) is 17.8 Å². The van der Waals surface area contributed by atoms with Crippen LogP contribution in [0.15, 0.2) is 17.4 Å². The third kappa shape index (κ3) is 6.23. The van der Waals surface area contributed by atoms with E-state index >= 15 is 0 Å². The Hall–Kier alpha value is -2.84. The van der Waals surface area contributed by atoms with Gasteiger partial charge in [-0.1, -0.05) is 13.8 Å². The van der Waals surface area contributed by atoms with Gasteiger partial charge in [0, 0.05) is 0 Å². The minimum absolute atomic E-state index is 0.0321. The van der Waals surface area contributed by atoms with Crippen molar-refractivity contribution in [3.63, 3.8) is 0 Å². The van der Waals surface area contributed by atoms with Crippen molar-refractivity contribution in [3.05, 3.63) is 17.4 Å². The van der Waals surface area contributed by atoms with Crippen LogP contribution in [0, 0.1) is 5.92 Å². The van der Waals surface area contributed by atoms with Crippen molar-refractivity contribution in [1.29, 1.82) is 0 Å². The monoisotopic (exact) mass is 366 g/mol. The molecule has 0 saturated carbocycles. The smallest absolute Gasteiger partial charge is 0.328 e. The summed E-state index contributed by atoms with van der Waals surface area (Å²) in [6.45, 7) is 7.23. The topological polar surface area (TPSA) is 126 Å². The number of rotatable bonds is 9. The number of aromatic nitrogens is 2. The van der Waals surface area contributed by atoms with Gasteiger partial charge in [0.15, 0.2) is 5.76 Å². The first-order valence-electron chi connectivity index (χ1n) is 8.10. The first kappa shape index (κ1) is 21.2. The summed E-state index contributed by atoms with van der Waals surface area (Å²) in [5, 5.41) is 2.59. The van der Waals surface area contributed by atoms with E-state index in [4.69, 9.17) is 19.9 Å². The zero-order valence-electron chi connectivity index (χ0n) is 16.0. The number of amides is 2. The van der Waals surface area contributed by atoms with E-state index in [1.54, 1.807) is 13.8 Å². The Labute approximate surface area is 152 Å². The van der Waals surface area contributed by atoms with Gasteiger partial charge < -0.3 is 25.3 Å². The minimum Gasteiger partial charge on any atom is -0.481 e. The van der Waals surface area contributed by atoms with Crippen LogP contribution in [0.3, 0.4) is 0 Å². The Balaban J connectivity index is 3.05. The van der Waals surface area contributed by atoms with Gasteiger partial charge in [0.1, 0.15) is 6.04 Å². The van der Waals surface area contributed by atoms with E-state index in [2.05, 4.69) is 15.3 Å². The molecule has 9 heteroatoms. The van der Waals surface area contributed by atoms with Gasteiger partial charge in [0.05, 0.1) is 20.3 Å². The molecular formula is C17H26N4O5. The fourth-order valence-electron chi connectivity index (χ4n) is 2.05. The standard InChI is InChI=1S/C17H26N4O5/c1-9(2)7-11(15(18)22)19-16(23)14(10(3)4)26-17-20-12(24-5)8-13(21-17)25-6/h8-9,11H,7H2,1-6H3,(H2,18,22)(H,19,23)/t11-/m0/s1. The van der Waals surface area contributed by atoms with E-state index < -0.39 is 17.9 Å². The zero-order chi connectivity index (χ0) is 19.9. The average Bonchev–Trinajstić information content (AvgIpc) is 2.57. The van der Waals surface area contributed by atoms with Crippen LogP contribution >= 0.6 is 0 Å². The van der Waals surface area contributed by atoms with Gasteiger partial charge in [-0.3, -0.25) is 9.59 Å². The van der Waals surface area contributed by atoms with E-state index in [-0.39, 0.29) is 29.4 Å². The number of allylic oxidation sites excluding steroid dienone is 1. The molecule has 0 saturated heterocycles. The highest BCUT2D eigenvalue weighted by molar-refractivity contribution is 5.95. The molecular weight excluding hydrogens is 340 g/mol. The largest absolute Gasteiger partial charge is 0.481 e. The van der Waals surface area contributed by atoms with E-state index in [0.717, 1.165) is 0 Å². The molecule has 0 aliphatic heterocycles. The Bertz CT molecular complexity index is 661. The van der Waals surface area contributed by atoms with Crippen molar-refractivity contribution in [2.24, 2.45) is 11.7 Å². The van der Waals surface area contributed by atoms with Crippen LogP contribution in [0.5, 0.6) is 17.8 Å². The zero-order valence-corrected chi connectivity index (χ0v) is 16.0. The molecule has 1 atom stereocenters. The fraction of sp³-hybridized carbons (Fsp3) is 0.529. The van der Waals surface area contributed by atoms with Crippen molar-refractivity contribution in [1.82, 2.24) is 15.3 Å². The molecule has 0 aromatic carbocycles. The Morgan fingerprint density at radius 2 is 1.69 bits per heavy atom. The highest BCUT2D eigenvalue weighted by Crippen LogP contribution is 2.21. The molecule has 0 radical (unpaired) electrons. The summed E-state index contributed by atoms with van der Waals surface area (Å²) in [6.07, 6.45) is 0.417. The van der Waals surface area contributed by atoms with Gasteiger partial charge in [-0.15, -0.1) is 0 Å². The van der Waals surface area contributed by atoms with E-state index in [1.807, 2.05) is 13.8 Å². The predicted molar refractivity (Wildman–Crippen MR) is 94.7 cm³/mol. The number of nitrogens with zero attached hydrogens (tertiary/aromatic N) is 2. The quantitative estimate of drug-likeness (QED) is 0.496. The lowest BCUT2D eigenvalue weighted by Crippen LogP contribution is -2.46. The maximum Gasteiger partial charge on any atom is 0.328 e. The second-order valence-corrected chi connectivity index (χ2v) is 6.22. The summed E-state index contributed by atoms with van der Waals surface area (Å²) >= 11 is 0. The molecule has 1 heterocycles. The van der Waals surface area contributed by atoms with Gasteiger partial charge in [0.2, 0.25) is 17.7 Å². The predicted octanol–water partition coefficient (Wildman–Crippen LogP) is 1.18. The average molecular weight is 366 g/mol. The van der Waals surface area contributed by atoms with Crippen LogP contribution in [0.1, 0.15) is 34.1 Å². The second kappa shape index (κ2) is 9.59. The fourth-order valence-corrected chi connectivity index (χ4v) is 2.05. The molecule has 0 bridgehead atoms. The molecule has 1 aromatic rings. The molecule has 26 heavy (non-hydrogen) atoms. The minimum atomic E-state index is -0.804. The summed E-state index contributed by atoms with van der Waals surface area (Å²) in [5.41, 5.74) is 5.94. The molecule has 144 valence electrons. The number of nitrogens with two attached hydrogens (primary N) is 1. The highest BCUT2D eigenvalue weighted by atomic mass is 16.5. The van der Waals surface area contributed by atoms with Crippen LogP contribution in [0.4, 0.5) is 0 Å². The van der Waals surface area contributed by atoms with Crippen molar-refractivity contribution < 1.29 is 23.8 Å². The SMILES string of the molecule is COc1cc(OC)nc(OC(C(=O)N[C@@H](CC(C)C)C(N)=O)=C(C)C)n1. The lowest BCUT2D eigenvalue weighted by atomic mass is 10.0. The third-order valence-electron chi connectivity index (χ3n) is 3.29. The van der Waals surface area contributed by atoms with Gasteiger partial charge in [0.25, 0.3) is 5.91 Å². The van der Waals surface area contributed by atoms with Gasteiger partial charge in [-0.05, 0) is 31.8 Å². The Morgan fingerprint density at radius 1 is 1.15 bits per heavy atom. The van der Waals surface area contributed by atoms with E-state index in [1.165, 1.54) is 20.3 Å². The summed E-state index contributed by atoms with van der Waals surface area (Å²) in [7, 11) is 2.87. The number of primary amides is 1. The van der Waals surface area contributed by atoms with Gasteiger partial charge in [-0.2, -0.15) is 9.97 Å². The van der Waals surface area contributed by atoms with Crippen LogP contribution in [0.25, 0.3) is 0 Å². The molecule has 0 spiro atoms. The molecule has 1 aromatic heterocycles. The summed E-state index contributed by atoms with van der Waals surface area (Å²) in [6, 6.07) is 0.550. The van der Waals surface area contributed by atoms with Crippen molar-refractivity contribution in [2.75, 3.05) is 14.2 Å². The molecule has 9 nitrogen and oxygen atoms in total. The maximum absolute atomic E-state index is 12.6. The van der Waals surface area contributed by atoms with Crippen LogP contribution in [-0.2, 0) is 9.59 Å². The maximum atomic E-state index is 12.6. The van der Waals surface area contributed by atoms with Gasteiger partial charge in [-0.25, -0.2) is 0 Å². The lowest BCUT2D eigenvalue weighted by molar-refractivity contribution is -0.126. The Morgan fingerprint density at radius 3 is 2.08 bits per heavy atom. The number of methoxy groups -OCH3 is 2. The summed E-state index contributed by atoms with van der Waals surface area (Å²) in [4.78, 5) is 32.2. The summed E-state index contributed by atoms with van der Waals surface area (Å²) < 4.78 is 15.6. The number of carbonyl (C=O) groups is 2. The number of hydrogen-bond donors (Lipinski definition) is 2. The van der Waals surface area contributed by atoms with E-state index in [9.17, 15) is 9.59 Å². The molecule has 2 amide bonds. The lowest BCUT2D eigenvalue weighted by Gasteiger charge is -2.19. The molecule has 1 rings (SSSR count). The highest BCUT2D eigenvalue weighted by Gasteiger charge is 2.24. The normalized spacial score (nSPS) is 11.5. The number of hydrogen-bond acceptors (Lipinski definition) is 7. The van der Waals surface area contributed by atoms with Crippen molar-refractivity contribution >= 4 is 11.8 Å². The number of ether oxygens (including phenoxy) is 3. The first-order chi connectivity index (χ1) is 12.2. The first-order valence-corrected chi connectivity index (χ1v) is 8.10.